The average Bonchev–Trinajstić information content (AvgIpc) is 2.67. The fourth-order valence-corrected chi connectivity index (χ4v) is 2.81. The fraction of sp³-hybridized carbons (Fsp3) is 0.438. The molecule has 1 saturated carbocycles. The van der Waals surface area contributed by atoms with Crippen LogP contribution < -0.4 is 5.32 Å². The number of benzene rings is 1. The van der Waals surface area contributed by atoms with Crippen molar-refractivity contribution in [3.63, 3.8) is 0 Å². The van der Waals surface area contributed by atoms with Gasteiger partial charge in [-0.25, -0.2) is 0 Å². The average molecular weight is 240 g/mol. The van der Waals surface area contributed by atoms with E-state index >= 15 is 0 Å². The zero-order valence-electron chi connectivity index (χ0n) is 10.7. The van der Waals surface area contributed by atoms with Gasteiger partial charge in [0.1, 0.15) is 0 Å². The number of rotatable bonds is 2. The second kappa shape index (κ2) is 5.38. The summed E-state index contributed by atoms with van der Waals surface area (Å²) in [4.78, 5) is 4.51. The predicted octanol–water partition coefficient (Wildman–Crippen LogP) is 4.37. The molecule has 0 amide bonds. The summed E-state index contributed by atoms with van der Waals surface area (Å²) in [5.74, 6) is 0. The normalized spacial score (nSPS) is 17.6. The highest BCUT2D eigenvalue weighted by molar-refractivity contribution is 5.81. The van der Waals surface area contributed by atoms with Crippen molar-refractivity contribution in [2.75, 3.05) is 5.32 Å². The van der Waals surface area contributed by atoms with Gasteiger partial charge in [-0.15, -0.1) is 0 Å². The molecule has 0 aliphatic heterocycles. The second-order valence-electron chi connectivity index (χ2n) is 5.25. The first kappa shape index (κ1) is 11.5. The largest absolute Gasteiger partial charge is 0.381 e. The van der Waals surface area contributed by atoms with Gasteiger partial charge in [0, 0.05) is 11.4 Å². The van der Waals surface area contributed by atoms with Crippen molar-refractivity contribution in [3.8, 4) is 0 Å². The fourth-order valence-electron chi connectivity index (χ4n) is 2.81. The monoisotopic (exact) mass is 240 g/mol. The van der Waals surface area contributed by atoms with E-state index in [1.807, 2.05) is 12.3 Å². The van der Waals surface area contributed by atoms with Crippen LogP contribution in [0.3, 0.4) is 0 Å². The van der Waals surface area contributed by atoms with Crippen LogP contribution in [0.1, 0.15) is 38.5 Å². The van der Waals surface area contributed by atoms with Crippen molar-refractivity contribution in [2.24, 2.45) is 0 Å². The zero-order chi connectivity index (χ0) is 12.2. The molecule has 0 radical (unpaired) electrons. The van der Waals surface area contributed by atoms with Crippen LogP contribution in [0.4, 0.5) is 5.69 Å². The van der Waals surface area contributed by atoms with Gasteiger partial charge in [0.05, 0.1) is 17.4 Å². The molecular weight excluding hydrogens is 220 g/mol. The summed E-state index contributed by atoms with van der Waals surface area (Å²) in [5.41, 5.74) is 2.24. The maximum Gasteiger partial charge on any atom is 0.0703 e. The molecule has 0 saturated heterocycles. The third-order valence-electron chi connectivity index (χ3n) is 3.82. The van der Waals surface area contributed by atoms with Crippen molar-refractivity contribution < 1.29 is 0 Å². The highest BCUT2D eigenvalue weighted by atomic mass is 14.9. The number of hydrogen-bond acceptors (Lipinski definition) is 2. The van der Waals surface area contributed by atoms with Gasteiger partial charge >= 0.3 is 0 Å². The van der Waals surface area contributed by atoms with E-state index in [0.717, 1.165) is 5.52 Å². The van der Waals surface area contributed by atoms with Crippen LogP contribution >= 0.6 is 0 Å². The Balaban J connectivity index is 1.77. The zero-order valence-corrected chi connectivity index (χ0v) is 10.7. The predicted molar refractivity (Wildman–Crippen MR) is 76.9 cm³/mol. The van der Waals surface area contributed by atoms with Crippen molar-refractivity contribution >= 4 is 16.6 Å². The molecule has 2 nitrogen and oxygen atoms in total. The lowest BCUT2D eigenvalue weighted by molar-refractivity contribution is 0.620. The van der Waals surface area contributed by atoms with Crippen molar-refractivity contribution in [3.05, 3.63) is 36.5 Å². The number of hydrogen-bond donors (Lipinski definition) is 1. The highest BCUT2D eigenvalue weighted by Crippen LogP contribution is 2.22. The number of para-hydroxylation sites is 1. The molecule has 1 N–H and O–H groups in total. The summed E-state index contributed by atoms with van der Waals surface area (Å²) in [6.45, 7) is 0. The van der Waals surface area contributed by atoms with Crippen molar-refractivity contribution in [1.82, 2.24) is 4.98 Å². The molecule has 2 aromatic rings. The van der Waals surface area contributed by atoms with E-state index in [4.69, 9.17) is 0 Å². The van der Waals surface area contributed by atoms with Crippen LogP contribution in [-0.2, 0) is 0 Å². The molecule has 0 unspecified atom stereocenters. The minimum atomic E-state index is 0.635. The van der Waals surface area contributed by atoms with E-state index in [1.165, 1.54) is 49.6 Å². The first-order chi connectivity index (χ1) is 8.92. The molecule has 2 heteroatoms. The Morgan fingerprint density at radius 3 is 2.61 bits per heavy atom. The summed E-state index contributed by atoms with van der Waals surface area (Å²) in [5, 5.41) is 4.87. The Bertz CT molecular complexity index is 513. The molecule has 1 aliphatic rings. The Kier molecular flexibility index (Phi) is 3.44. The first-order valence-corrected chi connectivity index (χ1v) is 7.03. The number of anilines is 1. The highest BCUT2D eigenvalue weighted by Gasteiger charge is 2.11. The molecule has 1 heterocycles. The number of nitrogens with zero attached hydrogens (tertiary/aromatic N) is 1. The van der Waals surface area contributed by atoms with Crippen LogP contribution in [0.2, 0.25) is 0 Å². The van der Waals surface area contributed by atoms with E-state index in [9.17, 15) is 0 Å². The number of aromatic nitrogens is 1. The van der Waals surface area contributed by atoms with Crippen LogP contribution in [0.25, 0.3) is 10.9 Å². The Labute approximate surface area is 108 Å². The van der Waals surface area contributed by atoms with E-state index in [-0.39, 0.29) is 0 Å². The van der Waals surface area contributed by atoms with Gasteiger partial charge in [-0.1, -0.05) is 43.9 Å². The minimum Gasteiger partial charge on any atom is -0.381 e. The summed E-state index contributed by atoms with van der Waals surface area (Å²) in [7, 11) is 0. The Morgan fingerprint density at radius 2 is 1.78 bits per heavy atom. The third-order valence-corrected chi connectivity index (χ3v) is 3.82. The lowest BCUT2D eigenvalue weighted by atomic mass is 10.1. The maximum absolute atomic E-state index is 4.51. The standard InChI is InChI=1S/C16H20N2/c1-2-4-9-14(8-3-1)18-15-11-13-7-5-6-10-16(13)17-12-15/h5-7,10-12,14,18H,1-4,8-9H2. The van der Waals surface area contributed by atoms with Gasteiger partial charge in [-0.2, -0.15) is 0 Å². The van der Waals surface area contributed by atoms with Crippen LogP contribution in [0.15, 0.2) is 36.5 Å². The lowest BCUT2D eigenvalue weighted by Gasteiger charge is -2.17. The van der Waals surface area contributed by atoms with Gasteiger partial charge in [0.2, 0.25) is 0 Å². The van der Waals surface area contributed by atoms with Gasteiger partial charge in [-0.05, 0) is 25.0 Å². The number of fused-ring (bicyclic) bond motifs is 1. The maximum atomic E-state index is 4.51. The van der Waals surface area contributed by atoms with Crippen molar-refractivity contribution in [1.29, 1.82) is 0 Å². The second-order valence-corrected chi connectivity index (χ2v) is 5.25. The van der Waals surface area contributed by atoms with Crippen LogP contribution in [-0.4, -0.2) is 11.0 Å². The van der Waals surface area contributed by atoms with Gasteiger partial charge in [0.15, 0.2) is 0 Å². The van der Waals surface area contributed by atoms with E-state index in [1.54, 1.807) is 0 Å². The van der Waals surface area contributed by atoms with E-state index in [0.29, 0.717) is 6.04 Å². The molecule has 94 valence electrons. The molecule has 1 fully saturated rings. The third kappa shape index (κ3) is 2.63. The van der Waals surface area contributed by atoms with Gasteiger partial charge in [0.25, 0.3) is 0 Å². The molecule has 18 heavy (non-hydrogen) atoms. The smallest absolute Gasteiger partial charge is 0.0703 e. The number of pyridine rings is 1. The molecule has 0 bridgehead atoms. The Morgan fingerprint density at radius 1 is 1.00 bits per heavy atom. The first-order valence-electron chi connectivity index (χ1n) is 7.03. The van der Waals surface area contributed by atoms with Crippen molar-refractivity contribution in [2.45, 2.75) is 44.6 Å². The quantitative estimate of drug-likeness (QED) is 0.788. The Hall–Kier alpha value is -1.57. The van der Waals surface area contributed by atoms with Crippen LogP contribution in [0.5, 0.6) is 0 Å². The molecule has 3 rings (SSSR count). The molecule has 1 aromatic carbocycles. The van der Waals surface area contributed by atoms with Crippen LogP contribution in [0, 0.1) is 0 Å². The summed E-state index contributed by atoms with van der Waals surface area (Å²) >= 11 is 0. The summed E-state index contributed by atoms with van der Waals surface area (Å²) < 4.78 is 0. The van der Waals surface area contributed by atoms with Gasteiger partial charge < -0.3 is 5.32 Å². The summed E-state index contributed by atoms with van der Waals surface area (Å²) in [6, 6.07) is 11.1. The van der Waals surface area contributed by atoms with E-state index < -0.39 is 0 Å². The molecule has 0 atom stereocenters. The van der Waals surface area contributed by atoms with Gasteiger partial charge in [-0.3, -0.25) is 4.98 Å². The minimum absolute atomic E-state index is 0.635. The summed E-state index contributed by atoms with van der Waals surface area (Å²) in [6.07, 6.45) is 10.1. The van der Waals surface area contributed by atoms with E-state index in [2.05, 4.69) is 34.6 Å². The topological polar surface area (TPSA) is 24.9 Å². The number of nitrogens with one attached hydrogen (secondary N) is 1. The molecule has 0 spiro atoms. The molecule has 1 aliphatic carbocycles. The lowest BCUT2D eigenvalue weighted by Crippen LogP contribution is -2.18. The molecule has 1 aromatic heterocycles. The molecular formula is C16H20N2. The SMILES string of the molecule is c1ccc2ncc(NC3CCCCCC3)cc2c1.